The molecule has 0 bridgehead atoms. The lowest BCUT2D eigenvalue weighted by Gasteiger charge is -2.21. The van der Waals surface area contributed by atoms with Crippen LogP contribution in [0.3, 0.4) is 0 Å². The van der Waals surface area contributed by atoms with Crippen LogP contribution in [0.25, 0.3) is 0 Å². The lowest BCUT2D eigenvalue weighted by Crippen LogP contribution is -2.29. The molecule has 1 aliphatic heterocycles. The average molecular weight is 399 g/mol. The van der Waals surface area contributed by atoms with Crippen LogP contribution in [-0.2, 0) is 24.1 Å². The van der Waals surface area contributed by atoms with Crippen molar-refractivity contribution in [2.45, 2.75) is 32.6 Å². The van der Waals surface area contributed by atoms with E-state index >= 15 is 0 Å². The minimum absolute atomic E-state index is 0.00220. The van der Waals surface area contributed by atoms with Gasteiger partial charge in [-0.1, -0.05) is 22.0 Å². The zero-order valence-electron chi connectivity index (χ0n) is 14.1. The van der Waals surface area contributed by atoms with Crippen LogP contribution < -0.4 is 10.2 Å². The first-order valence-corrected chi connectivity index (χ1v) is 9.36. The van der Waals surface area contributed by atoms with Gasteiger partial charge in [0.15, 0.2) is 0 Å². The quantitative estimate of drug-likeness (QED) is 0.827. The normalized spacial score (nSPS) is 15.0. The topological polar surface area (TPSA) is 49.4 Å². The van der Waals surface area contributed by atoms with Gasteiger partial charge in [-0.25, -0.2) is 0 Å². The standard InChI is InChI=1S/C20H19BrN2O2/c1-12(24)22-18-11-17(21)10-15-7-8-23(19(15)18)20(25)16-6-5-13-3-2-4-14(13)9-16/h5-6,9-11H,2-4,7-8H2,1H3,(H,22,24). The second-order valence-corrected chi connectivity index (χ2v) is 7.60. The van der Waals surface area contributed by atoms with E-state index in [9.17, 15) is 9.59 Å². The number of aryl methyl sites for hydroxylation is 2. The molecule has 2 aromatic rings. The number of hydrogen-bond donors (Lipinski definition) is 1. The molecule has 25 heavy (non-hydrogen) atoms. The Morgan fingerprint density at radius 3 is 2.64 bits per heavy atom. The molecular formula is C20H19BrN2O2. The zero-order chi connectivity index (χ0) is 17.6. The number of carbonyl (C=O) groups is 2. The molecule has 2 amide bonds. The Balaban J connectivity index is 1.72. The summed E-state index contributed by atoms with van der Waals surface area (Å²) in [5.41, 5.74) is 5.97. The molecule has 0 spiro atoms. The third-order valence-electron chi connectivity index (χ3n) is 4.93. The largest absolute Gasteiger partial charge is 0.324 e. The number of carbonyl (C=O) groups excluding carboxylic acids is 2. The molecule has 0 saturated carbocycles. The minimum Gasteiger partial charge on any atom is -0.324 e. The van der Waals surface area contributed by atoms with Crippen LogP contribution in [0, 0.1) is 0 Å². The number of amides is 2. The average Bonchev–Trinajstić information content (AvgIpc) is 3.19. The molecule has 0 fully saturated rings. The van der Waals surface area contributed by atoms with Crippen LogP contribution in [0.1, 0.15) is 40.4 Å². The number of nitrogens with zero attached hydrogens (tertiary/aromatic N) is 1. The van der Waals surface area contributed by atoms with Crippen molar-refractivity contribution in [1.82, 2.24) is 0 Å². The fraction of sp³-hybridized carbons (Fsp3) is 0.300. The fourth-order valence-electron chi connectivity index (χ4n) is 3.86. The summed E-state index contributed by atoms with van der Waals surface area (Å²) >= 11 is 3.49. The third kappa shape index (κ3) is 2.97. The first kappa shape index (κ1) is 16.3. The van der Waals surface area contributed by atoms with Crippen LogP contribution >= 0.6 is 15.9 Å². The summed E-state index contributed by atoms with van der Waals surface area (Å²) < 4.78 is 0.904. The van der Waals surface area contributed by atoms with E-state index in [0.29, 0.717) is 12.2 Å². The van der Waals surface area contributed by atoms with Crippen LogP contribution in [0.15, 0.2) is 34.8 Å². The monoisotopic (exact) mass is 398 g/mol. The second kappa shape index (κ2) is 6.30. The van der Waals surface area contributed by atoms with Crippen molar-refractivity contribution in [2.75, 3.05) is 16.8 Å². The lowest BCUT2D eigenvalue weighted by atomic mass is 10.1. The van der Waals surface area contributed by atoms with Gasteiger partial charge in [0, 0.05) is 23.5 Å². The first-order chi connectivity index (χ1) is 12.0. The van der Waals surface area contributed by atoms with E-state index in [-0.39, 0.29) is 11.8 Å². The maximum absolute atomic E-state index is 13.1. The molecule has 4 nitrogen and oxygen atoms in total. The van der Waals surface area contributed by atoms with Crippen molar-refractivity contribution in [3.8, 4) is 0 Å². The van der Waals surface area contributed by atoms with Gasteiger partial charge in [0.05, 0.1) is 11.4 Å². The predicted octanol–water partition coefficient (Wildman–Crippen LogP) is 4.10. The molecule has 4 rings (SSSR count). The maximum atomic E-state index is 13.1. The molecule has 1 heterocycles. The summed E-state index contributed by atoms with van der Waals surface area (Å²) in [6, 6.07) is 9.94. The molecule has 0 saturated heterocycles. The maximum Gasteiger partial charge on any atom is 0.258 e. The fourth-order valence-corrected chi connectivity index (χ4v) is 4.36. The van der Waals surface area contributed by atoms with Gasteiger partial charge >= 0.3 is 0 Å². The van der Waals surface area contributed by atoms with E-state index in [1.165, 1.54) is 24.5 Å². The molecule has 5 heteroatoms. The van der Waals surface area contributed by atoms with Gasteiger partial charge in [-0.3, -0.25) is 9.59 Å². The number of halogens is 1. The highest BCUT2D eigenvalue weighted by molar-refractivity contribution is 9.10. The van der Waals surface area contributed by atoms with E-state index in [1.54, 1.807) is 4.90 Å². The summed E-state index contributed by atoms with van der Waals surface area (Å²) in [6.45, 7) is 2.11. The van der Waals surface area contributed by atoms with Gasteiger partial charge in [0.25, 0.3) is 5.91 Å². The smallest absolute Gasteiger partial charge is 0.258 e. The second-order valence-electron chi connectivity index (χ2n) is 6.69. The molecule has 0 atom stereocenters. The van der Waals surface area contributed by atoms with Gasteiger partial charge < -0.3 is 10.2 Å². The first-order valence-electron chi connectivity index (χ1n) is 8.56. The van der Waals surface area contributed by atoms with E-state index in [4.69, 9.17) is 0 Å². The van der Waals surface area contributed by atoms with Crippen LogP contribution in [0.2, 0.25) is 0 Å². The molecule has 2 aliphatic rings. The number of benzene rings is 2. The Labute approximate surface area is 155 Å². The summed E-state index contributed by atoms with van der Waals surface area (Å²) in [5.74, 6) is -0.139. The van der Waals surface area contributed by atoms with Crippen molar-refractivity contribution >= 4 is 39.1 Å². The van der Waals surface area contributed by atoms with Crippen LogP contribution in [0.5, 0.6) is 0 Å². The van der Waals surface area contributed by atoms with Crippen molar-refractivity contribution in [1.29, 1.82) is 0 Å². The number of fused-ring (bicyclic) bond motifs is 2. The summed E-state index contributed by atoms with van der Waals surface area (Å²) in [4.78, 5) is 26.5. The lowest BCUT2D eigenvalue weighted by molar-refractivity contribution is -0.114. The third-order valence-corrected chi connectivity index (χ3v) is 5.39. The van der Waals surface area contributed by atoms with Crippen molar-refractivity contribution in [3.05, 3.63) is 57.1 Å². The van der Waals surface area contributed by atoms with Crippen LogP contribution in [0.4, 0.5) is 11.4 Å². The summed E-state index contributed by atoms with van der Waals surface area (Å²) in [5, 5.41) is 2.86. The molecule has 0 aromatic heterocycles. The van der Waals surface area contributed by atoms with Crippen molar-refractivity contribution in [2.24, 2.45) is 0 Å². The Bertz CT molecular complexity index is 892. The Morgan fingerprint density at radius 2 is 1.84 bits per heavy atom. The molecule has 128 valence electrons. The minimum atomic E-state index is -0.142. The van der Waals surface area contributed by atoms with Gasteiger partial charge in [-0.2, -0.15) is 0 Å². The van der Waals surface area contributed by atoms with Crippen molar-refractivity contribution in [3.63, 3.8) is 0 Å². The van der Waals surface area contributed by atoms with E-state index < -0.39 is 0 Å². The molecule has 1 N–H and O–H groups in total. The molecule has 2 aromatic carbocycles. The van der Waals surface area contributed by atoms with Gasteiger partial charge in [0.1, 0.15) is 0 Å². The van der Waals surface area contributed by atoms with E-state index in [1.807, 2.05) is 24.3 Å². The van der Waals surface area contributed by atoms with Gasteiger partial charge in [0.2, 0.25) is 5.91 Å². The van der Waals surface area contributed by atoms with E-state index in [2.05, 4.69) is 27.3 Å². The number of anilines is 2. The summed E-state index contributed by atoms with van der Waals surface area (Å²) in [7, 11) is 0. The van der Waals surface area contributed by atoms with Gasteiger partial charge in [-0.15, -0.1) is 0 Å². The number of nitrogens with one attached hydrogen (secondary N) is 1. The van der Waals surface area contributed by atoms with E-state index in [0.717, 1.165) is 40.5 Å². The molecule has 1 aliphatic carbocycles. The highest BCUT2D eigenvalue weighted by Crippen LogP contribution is 2.39. The number of rotatable bonds is 2. The molecule has 0 radical (unpaired) electrons. The highest BCUT2D eigenvalue weighted by Gasteiger charge is 2.29. The zero-order valence-corrected chi connectivity index (χ0v) is 15.6. The number of hydrogen-bond acceptors (Lipinski definition) is 2. The molecular weight excluding hydrogens is 380 g/mol. The Hall–Kier alpha value is -2.14. The predicted molar refractivity (Wildman–Crippen MR) is 102 cm³/mol. The Kier molecular flexibility index (Phi) is 4.12. The van der Waals surface area contributed by atoms with Crippen molar-refractivity contribution < 1.29 is 9.59 Å². The molecule has 0 unspecified atom stereocenters. The Morgan fingerprint density at radius 1 is 1.04 bits per heavy atom. The highest BCUT2D eigenvalue weighted by atomic mass is 79.9. The van der Waals surface area contributed by atoms with Crippen LogP contribution in [-0.4, -0.2) is 18.4 Å². The SMILES string of the molecule is CC(=O)Nc1cc(Br)cc2c1N(C(=O)c1ccc3c(c1)CCC3)CC2. The summed E-state index contributed by atoms with van der Waals surface area (Å²) in [6.07, 6.45) is 4.12. The van der Waals surface area contributed by atoms with Gasteiger partial charge in [-0.05, 0) is 66.6 Å².